The summed E-state index contributed by atoms with van der Waals surface area (Å²) in [6, 6.07) is 6.36. The van der Waals surface area contributed by atoms with Crippen molar-refractivity contribution in [3.05, 3.63) is 29.3 Å². The van der Waals surface area contributed by atoms with E-state index >= 15 is 0 Å². The Morgan fingerprint density at radius 3 is 2.89 bits per heavy atom. The van der Waals surface area contributed by atoms with Gasteiger partial charge in [0.05, 0.1) is 0 Å². The molecule has 2 rings (SSSR count). The summed E-state index contributed by atoms with van der Waals surface area (Å²) in [7, 11) is 0. The van der Waals surface area contributed by atoms with Gasteiger partial charge in [-0.3, -0.25) is 4.90 Å². The van der Waals surface area contributed by atoms with Gasteiger partial charge in [0, 0.05) is 25.3 Å². The molecule has 2 heteroatoms. The van der Waals surface area contributed by atoms with Gasteiger partial charge in [-0.2, -0.15) is 0 Å². The molecule has 106 valence electrons. The van der Waals surface area contributed by atoms with Gasteiger partial charge in [-0.05, 0) is 36.0 Å². The van der Waals surface area contributed by atoms with E-state index in [-0.39, 0.29) is 0 Å². The van der Waals surface area contributed by atoms with Crippen molar-refractivity contribution in [1.82, 2.24) is 4.90 Å². The van der Waals surface area contributed by atoms with Gasteiger partial charge in [-0.25, -0.2) is 0 Å². The first-order valence-corrected chi connectivity index (χ1v) is 7.83. The fourth-order valence-corrected chi connectivity index (χ4v) is 3.14. The maximum Gasteiger partial charge on any atom is 0.0350 e. The summed E-state index contributed by atoms with van der Waals surface area (Å²) in [4.78, 5) is 2.62. The number of hydrogen-bond acceptors (Lipinski definition) is 2. The first-order valence-electron chi connectivity index (χ1n) is 7.83. The molecule has 1 aliphatic heterocycles. The van der Waals surface area contributed by atoms with Crippen LogP contribution < -0.4 is 5.73 Å². The van der Waals surface area contributed by atoms with Gasteiger partial charge in [0.15, 0.2) is 0 Å². The molecule has 0 saturated heterocycles. The van der Waals surface area contributed by atoms with Crippen LogP contribution in [0.2, 0.25) is 0 Å². The van der Waals surface area contributed by atoms with E-state index in [2.05, 4.69) is 30.9 Å². The molecule has 0 fully saturated rings. The molecule has 0 spiro atoms. The number of hydrogen-bond donors (Lipinski definition) is 1. The maximum atomic E-state index is 6.06. The Morgan fingerprint density at radius 1 is 1.32 bits per heavy atom. The number of anilines is 1. The summed E-state index contributed by atoms with van der Waals surface area (Å²) < 4.78 is 0. The van der Waals surface area contributed by atoms with Crippen molar-refractivity contribution < 1.29 is 0 Å². The monoisotopic (exact) mass is 260 g/mol. The minimum atomic E-state index is 0.863. The molecule has 1 aromatic rings. The van der Waals surface area contributed by atoms with Gasteiger partial charge in [-0.15, -0.1) is 0 Å². The third-order valence-corrected chi connectivity index (χ3v) is 4.44. The lowest BCUT2D eigenvalue weighted by atomic mass is 9.94. The molecule has 0 radical (unpaired) electrons. The molecule has 1 aliphatic rings. The second-order valence-electron chi connectivity index (χ2n) is 5.89. The van der Waals surface area contributed by atoms with Gasteiger partial charge >= 0.3 is 0 Å². The van der Waals surface area contributed by atoms with Gasteiger partial charge in [0.2, 0.25) is 0 Å². The molecule has 1 atom stereocenters. The number of nitrogen functional groups attached to an aromatic ring is 1. The highest BCUT2D eigenvalue weighted by atomic mass is 15.1. The Hall–Kier alpha value is -1.02. The minimum absolute atomic E-state index is 0.863. The summed E-state index contributed by atoms with van der Waals surface area (Å²) in [5.41, 5.74) is 9.87. The molecule has 1 aromatic carbocycles. The highest BCUT2D eigenvalue weighted by Gasteiger charge is 2.19. The molecule has 0 aromatic heterocycles. The van der Waals surface area contributed by atoms with E-state index in [1.54, 1.807) is 0 Å². The second kappa shape index (κ2) is 6.95. The van der Waals surface area contributed by atoms with Crippen LogP contribution in [0.5, 0.6) is 0 Å². The number of nitrogens with zero attached hydrogens (tertiary/aromatic N) is 1. The summed E-state index contributed by atoms with van der Waals surface area (Å²) in [5.74, 6) is 0.863. The third-order valence-electron chi connectivity index (χ3n) is 4.44. The molecule has 0 aliphatic carbocycles. The summed E-state index contributed by atoms with van der Waals surface area (Å²) >= 11 is 0. The highest BCUT2D eigenvalue weighted by molar-refractivity contribution is 5.51. The van der Waals surface area contributed by atoms with Crippen molar-refractivity contribution in [2.24, 2.45) is 5.92 Å². The lowest BCUT2D eigenvalue weighted by Crippen LogP contribution is -2.34. The van der Waals surface area contributed by atoms with Crippen LogP contribution in [0.25, 0.3) is 0 Å². The first kappa shape index (κ1) is 14.4. The third kappa shape index (κ3) is 3.73. The smallest absolute Gasteiger partial charge is 0.0350 e. The van der Waals surface area contributed by atoms with Gasteiger partial charge in [-0.1, -0.05) is 45.2 Å². The Morgan fingerprint density at radius 2 is 2.16 bits per heavy atom. The zero-order valence-electron chi connectivity index (χ0n) is 12.5. The summed E-state index contributed by atoms with van der Waals surface area (Å²) in [6.45, 7) is 8.13. The van der Waals surface area contributed by atoms with Crippen molar-refractivity contribution in [2.75, 3.05) is 18.8 Å². The SMILES string of the molecule is CCCCC(CC)CN1CCc2c(N)cccc2C1. The Bertz CT molecular complexity index is 400. The molecule has 0 amide bonds. The molecule has 1 heterocycles. The molecular weight excluding hydrogens is 232 g/mol. The number of unbranched alkanes of at least 4 members (excludes halogenated alkanes) is 1. The number of rotatable bonds is 6. The average molecular weight is 260 g/mol. The standard InChI is InChI=1S/C17H28N2/c1-3-5-7-14(4-2)12-19-11-10-16-15(13-19)8-6-9-17(16)18/h6,8-9,14H,3-5,7,10-13,18H2,1-2H3. The van der Waals surface area contributed by atoms with Crippen LogP contribution in [-0.4, -0.2) is 18.0 Å². The Balaban J connectivity index is 1.94. The quantitative estimate of drug-likeness (QED) is 0.787. The van der Waals surface area contributed by atoms with E-state index < -0.39 is 0 Å². The lowest BCUT2D eigenvalue weighted by Gasteiger charge is -2.32. The predicted molar refractivity (Wildman–Crippen MR) is 83.1 cm³/mol. The van der Waals surface area contributed by atoms with Crippen LogP contribution in [0.1, 0.15) is 50.7 Å². The van der Waals surface area contributed by atoms with Crippen molar-refractivity contribution in [3.8, 4) is 0 Å². The van der Waals surface area contributed by atoms with Crippen molar-refractivity contribution in [1.29, 1.82) is 0 Å². The van der Waals surface area contributed by atoms with Crippen LogP contribution >= 0.6 is 0 Å². The van der Waals surface area contributed by atoms with Crippen LogP contribution in [0.3, 0.4) is 0 Å². The van der Waals surface area contributed by atoms with E-state index in [1.165, 1.54) is 49.9 Å². The van der Waals surface area contributed by atoms with Gasteiger partial charge < -0.3 is 5.73 Å². The Kier molecular flexibility index (Phi) is 5.26. The van der Waals surface area contributed by atoms with Crippen LogP contribution in [0, 0.1) is 5.92 Å². The van der Waals surface area contributed by atoms with E-state index in [0.29, 0.717) is 0 Å². The lowest BCUT2D eigenvalue weighted by molar-refractivity contribution is 0.203. The summed E-state index contributed by atoms with van der Waals surface area (Å²) in [5, 5.41) is 0. The van der Waals surface area contributed by atoms with Gasteiger partial charge in [0.1, 0.15) is 0 Å². The molecule has 2 N–H and O–H groups in total. The van der Waals surface area contributed by atoms with E-state index in [4.69, 9.17) is 5.73 Å². The van der Waals surface area contributed by atoms with Crippen molar-refractivity contribution in [3.63, 3.8) is 0 Å². The molecule has 2 nitrogen and oxygen atoms in total. The number of fused-ring (bicyclic) bond motifs is 1. The van der Waals surface area contributed by atoms with E-state index in [0.717, 1.165) is 24.6 Å². The van der Waals surface area contributed by atoms with Gasteiger partial charge in [0.25, 0.3) is 0 Å². The maximum absolute atomic E-state index is 6.06. The average Bonchev–Trinajstić information content (AvgIpc) is 2.43. The molecule has 0 bridgehead atoms. The molecule has 1 unspecified atom stereocenters. The molecule has 0 saturated carbocycles. The fraction of sp³-hybridized carbons (Fsp3) is 0.647. The van der Waals surface area contributed by atoms with E-state index in [9.17, 15) is 0 Å². The van der Waals surface area contributed by atoms with Crippen molar-refractivity contribution in [2.45, 2.75) is 52.5 Å². The predicted octanol–water partition coefficient (Wildman–Crippen LogP) is 3.84. The molecular formula is C17H28N2. The minimum Gasteiger partial charge on any atom is -0.398 e. The number of benzene rings is 1. The normalized spacial score (nSPS) is 17.2. The first-order chi connectivity index (χ1) is 9.24. The molecule has 19 heavy (non-hydrogen) atoms. The summed E-state index contributed by atoms with van der Waals surface area (Å²) in [6.07, 6.45) is 6.49. The topological polar surface area (TPSA) is 29.3 Å². The largest absolute Gasteiger partial charge is 0.398 e. The fourth-order valence-electron chi connectivity index (χ4n) is 3.14. The van der Waals surface area contributed by atoms with Crippen molar-refractivity contribution >= 4 is 5.69 Å². The van der Waals surface area contributed by atoms with Crippen LogP contribution in [0.15, 0.2) is 18.2 Å². The van der Waals surface area contributed by atoms with E-state index in [1.807, 2.05) is 6.07 Å². The van der Waals surface area contributed by atoms with Crippen LogP contribution in [0.4, 0.5) is 5.69 Å². The highest BCUT2D eigenvalue weighted by Crippen LogP contribution is 2.25. The Labute approximate surface area is 118 Å². The zero-order chi connectivity index (χ0) is 13.7. The number of nitrogens with two attached hydrogens (primary N) is 1. The second-order valence-corrected chi connectivity index (χ2v) is 5.89. The van der Waals surface area contributed by atoms with Crippen LogP contribution in [-0.2, 0) is 13.0 Å². The zero-order valence-corrected chi connectivity index (χ0v) is 12.5.